The Hall–Kier alpha value is -1.25. The highest BCUT2D eigenvalue weighted by atomic mass is 19.2. The van der Waals surface area contributed by atoms with Crippen LogP contribution in [0.3, 0.4) is 0 Å². The van der Waals surface area contributed by atoms with Gasteiger partial charge in [0.1, 0.15) is 0 Å². The van der Waals surface area contributed by atoms with E-state index in [2.05, 4.69) is 6.92 Å². The summed E-state index contributed by atoms with van der Waals surface area (Å²) in [5.74, 6) is -11.2. The average molecular weight is 483 g/mol. The summed E-state index contributed by atoms with van der Waals surface area (Å²) in [6, 6.07) is 0. The molecular weight excluding hydrogens is 443 g/mol. The molecule has 0 aliphatic rings. The highest BCUT2D eigenvalue weighted by Crippen LogP contribution is 2.31. The third-order valence-electron chi connectivity index (χ3n) is 6.29. The molecule has 0 aliphatic heterocycles. The van der Waals surface area contributed by atoms with Crippen LogP contribution >= 0.6 is 0 Å². The second-order valence-corrected chi connectivity index (χ2v) is 8.65. The number of rotatable bonds is 18. The number of methoxy groups -OCH3 is 2. The van der Waals surface area contributed by atoms with Gasteiger partial charge in [-0.15, -0.1) is 0 Å². The SMILES string of the molecule is CCCCCCCCC(CCCCCCCc1c(F)c(F)c(F)c(F)c1F)C(O)(OC)OC. The van der Waals surface area contributed by atoms with Crippen molar-refractivity contribution in [2.45, 2.75) is 103 Å². The van der Waals surface area contributed by atoms with E-state index in [1.165, 1.54) is 39.9 Å². The predicted molar refractivity (Wildman–Crippen MR) is 118 cm³/mol. The average Bonchev–Trinajstić information content (AvgIpc) is 2.82. The van der Waals surface area contributed by atoms with Crippen molar-refractivity contribution in [3.63, 3.8) is 0 Å². The third kappa shape index (κ3) is 9.13. The number of halogens is 5. The molecule has 33 heavy (non-hydrogen) atoms. The van der Waals surface area contributed by atoms with Crippen molar-refractivity contribution in [2.75, 3.05) is 14.2 Å². The zero-order valence-electron chi connectivity index (χ0n) is 20.1. The normalized spacial score (nSPS) is 13.0. The zero-order valence-corrected chi connectivity index (χ0v) is 20.1. The van der Waals surface area contributed by atoms with Gasteiger partial charge in [-0.2, -0.15) is 0 Å². The maximum Gasteiger partial charge on any atom is 0.282 e. The minimum absolute atomic E-state index is 0.174. The second kappa shape index (κ2) is 15.6. The number of hydrogen-bond donors (Lipinski definition) is 1. The maximum absolute atomic E-state index is 13.7. The molecule has 0 radical (unpaired) electrons. The Bertz CT molecular complexity index is 666. The molecule has 0 amide bonds. The van der Waals surface area contributed by atoms with Crippen LogP contribution in [-0.2, 0) is 15.9 Å². The van der Waals surface area contributed by atoms with E-state index in [0.29, 0.717) is 19.3 Å². The van der Waals surface area contributed by atoms with Crippen molar-refractivity contribution in [3.8, 4) is 0 Å². The second-order valence-electron chi connectivity index (χ2n) is 8.65. The highest BCUT2D eigenvalue weighted by molar-refractivity contribution is 5.24. The first-order chi connectivity index (χ1) is 15.7. The lowest BCUT2D eigenvalue weighted by Gasteiger charge is -2.33. The Kier molecular flexibility index (Phi) is 14.1. The number of benzene rings is 1. The van der Waals surface area contributed by atoms with Crippen molar-refractivity contribution in [1.29, 1.82) is 0 Å². The van der Waals surface area contributed by atoms with E-state index in [9.17, 15) is 27.1 Å². The number of ether oxygens (including phenoxy) is 2. The zero-order chi connectivity index (χ0) is 24.9. The van der Waals surface area contributed by atoms with Crippen LogP contribution in [-0.4, -0.2) is 25.3 Å². The monoisotopic (exact) mass is 482 g/mol. The van der Waals surface area contributed by atoms with Gasteiger partial charge in [-0.1, -0.05) is 71.1 Å². The number of aliphatic hydroxyl groups is 1. The topological polar surface area (TPSA) is 38.7 Å². The van der Waals surface area contributed by atoms with Crippen LogP contribution in [0.15, 0.2) is 0 Å². The summed E-state index contributed by atoms with van der Waals surface area (Å²) >= 11 is 0. The molecule has 0 heterocycles. The molecule has 0 aliphatic carbocycles. The fourth-order valence-corrected chi connectivity index (χ4v) is 4.19. The van der Waals surface area contributed by atoms with E-state index in [1.54, 1.807) is 0 Å². The summed E-state index contributed by atoms with van der Waals surface area (Å²) in [4.78, 5) is 0. The first kappa shape index (κ1) is 29.8. The first-order valence-corrected chi connectivity index (χ1v) is 12.1. The van der Waals surface area contributed by atoms with Crippen molar-refractivity contribution in [1.82, 2.24) is 0 Å². The molecule has 8 heteroatoms. The standard InChI is InChI=1S/C25H39F5O3/c1-4-5-6-7-9-12-15-18(25(31,32-2)33-3)16-13-10-8-11-14-17-19-20(26)22(28)24(30)23(29)21(19)27/h18,31H,4-17H2,1-3H3. The molecule has 0 fully saturated rings. The first-order valence-electron chi connectivity index (χ1n) is 12.1. The molecule has 192 valence electrons. The number of hydrogen-bond acceptors (Lipinski definition) is 3. The van der Waals surface area contributed by atoms with Crippen molar-refractivity contribution < 1.29 is 36.5 Å². The summed E-state index contributed by atoms with van der Waals surface area (Å²) < 4.78 is 77.5. The lowest BCUT2D eigenvalue weighted by molar-refractivity contribution is -0.369. The lowest BCUT2D eigenvalue weighted by Crippen LogP contribution is -2.42. The molecule has 1 N–H and O–H groups in total. The third-order valence-corrected chi connectivity index (χ3v) is 6.29. The van der Waals surface area contributed by atoms with E-state index in [1.807, 2.05) is 0 Å². The van der Waals surface area contributed by atoms with Crippen LogP contribution in [0.1, 0.15) is 96.0 Å². The van der Waals surface area contributed by atoms with Crippen molar-refractivity contribution in [2.24, 2.45) is 5.92 Å². The maximum atomic E-state index is 13.7. The van der Waals surface area contributed by atoms with Gasteiger partial charge in [0.05, 0.1) is 0 Å². The molecule has 0 bridgehead atoms. The quantitative estimate of drug-likeness (QED) is 0.0771. The van der Waals surface area contributed by atoms with Gasteiger partial charge in [-0.05, 0) is 25.7 Å². The summed E-state index contributed by atoms with van der Waals surface area (Å²) in [7, 11) is 2.83. The molecule has 3 nitrogen and oxygen atoms in total. The number of unbranched alkanes of at least 4 members (excludes halogenated alkanes) is 9. The Labute approximate surface area is 194 Å². The molecule has 0 aromatic heterocycles. The summed E-state index contributed by atoms with van der Waals surface area (Å²) in [6.07, 6.45) is 11.4. The summed E-state index contributed by atoms with van der Waals surface area (Å²) in [5, 5.41) is 10.6. The Morgan fingerprint density at radius 1 is 0.636 bits per heavy atom. The molecule has 1 rings (SSSR count). The smallest absolute Gasteiger partial charge is 0.282 e. The van der Waals surface area contributed by atoms with Gasteiger partial charge in [0, 0.05) is 25.7 Å². The Morgan fingerprint density at radius 2 is 1.03 bits per heavy atom. The molecule has 1 unspecified atom stereocenters. The van der Waals surface area contributed by atoms with Crippen LogP contribution in [0.25, 0.3) is 0 Å². The van der Waals surface area contributed by atoms with Crippen molar-refractivity contribution >= 4 is 0 Å². The van der Waals surface area contributed by atoms with E-state index in [4.69, 9.17) is 9.47 Å². The van der Waals surface area contributed by atoms with E-state index in [-0.39, 0.29) is 12.3 Å². The van der Waals surface area contributed by atoms with Crippen LogP contribution in [0, 0.1) is 35.0 Å². The van der Waals surface area contributed by atoms with Gasteiger partial charge in [0.25, 0.3) is 5.97 Å². The molecule has 1 aromatic rings. The van der Waals surface area contributed by atoms with Gasteiger partial charge in [0.15, 0.2) is 23.3 Å². The molecule has 1 aromatic carbocycles. The lowest BCUT2D eigenvalue weighted by atomic mass is 9.91. The summed E-state index contributed by atoms with van der Waals surface area (Å²) in [5.41, 5.74) is -0.754. The van der Waals surface area contributed by atoms with Crippen molar-refractivity contribution in [3.05, 3.63) is 34.6 Å². The molecule has 0 saturated heterocycles. The van der Waals surface area contributed by atoms with Gasteiger partial charge < -0.3 is 14.6 Å². The fourth-order valence-electron chi connectivity index (χ4n) is 4.19. The van der Waals surface area contributed by atoms with Gasteiger partial charge in [-0.3, -0.25) is 0 Å². The molecule has 0 saturated carbocycles. The predicted octanol–water partition coefficient (Wildman–Crippen LogP) is 7.57. The van der Waals surface area contributed by atoms with E-state index < -0.39 is 40.6 Å². The van der Waals surface area contributed by atoms with Gasteiger partial charge in [-0.25, -0.2) is 22.0 Å². The molecule has 1 atom stereocenters. The van der Waals surface area contributed by atoms with Crippen LogP contribution in [0.2, 0.25) is 0 Å². The van der Waals surface area contributed by atoms with Crippen LogP contribution in [0.4, 0.5) is 22.0 Å². The largest absolute Gasteiger partial charge is 0.343 e. The van der Waals surface area contributed by atoms with Gasteiger partial charge >= 0.3 is 0 Å². The highest BCUT2D eigenvalue weighted by Gasteiger charge is 2.36. The molecule has 0 spiro atoms. The van der Waals surface area contributed by atoms with Crippen LogP contribution < -0.4 is 0 Å². The van der Waals surface area contributed by atoms with E-state index >= 15 is 0 Å². The fraction of sp³-hybridized carbons (Fsp3) is 0.760. The minimum atomic E-state index is -2.13. The summed E-state index contributed by atoms with van der Waals surface area (Å²) in [6.45, 7) is 2.17. The van der Waals surface area contributed by atoms with E-state index in [0.717, 1.165) is 38.5 Å². The molecular formula is C25H39F5O3. The van der Waals surface area contributed by atoms with Gasteiger partial charge in [0.2, 0.25) is 5.82 Å². The Balaban J connectivity index is 2.42. The Morgan fingerprint density at radius 3 is 1.48 bits per heavy atom. The van der Waals surface area contributed by atoms with Crippen LogP contribution in [0.5, 0.6) is 0 Å². The minimum Gasteiger partial charge on any atom is -0.343 e.